The van der Waals surface area contributed by atoms with Gasteiger partial charge >= 0.3 is 5.25 Å². The zero-order valence-electron chi connectivity index (χ0n) is 15.8. The molecule has 4 N–H and O–H groups in total. The first-order chi connectivity index (χ1) is 14.0. The molecule has 0 radical (unpaired) electrons. The van der Waals surface area contributed by atoms with Crippen LogP contribution in [-0.2, 0) is 9.73 Å². The summed E-state index contributed by atoms with van der Waals surface area (Å²) >= 11 is 0. The molecule has 3 aromatic carbocycles. The number of carbonyl (C=O) groups is 1. The summed E-state index contributed by atoms with van der Waals surface area (Å²) in [5, 5.41) is -1.08. The van der Waals surface area contributed by atoms with Gasteiger partial charge in [0.25, 0.3) is 5.91 Å². The van der Waals surface area contributed by atoms with Gasteiger partial charge in [-0.1, -0.05) is 18.2 Å². The van der Waals surface area contributed by atoms with Crippen molar-refractivity contribution in [2.75, 3.05) is 11.1 Å². The maximum absolute atomic E-state index is 13.4. The molecule has 30 heavy (non-hydrogen) atoms. The van der Waals surface area contributed by atoms with Crippen molar-refractivity contribution in [2.24, 2.45) is 0 Å². The highest BCUT2D eigenvalue weighted by atomic mass is 32.2. The van der Waals surface area contributed by atoms with E-state index in [1.54, 1.807) is 30.3 Å². The number of nitrogen functional groups attached to an aromatic ring is 1. The molecule has 156 valence electrons. The van der Waals surface area contributed by atoms with E-state index in [0.717, 1.165) is 17.7 Å². The third-order valence-corrected chi connectivity index (χ3v) is 6.38. The number of amides is 1. The van der Waals surface area contributed by atoms with Gasteiger partial charge in [0.15, 0.2) is 0 Å². The van der Waals surface area contributed by atoms with Gasteiger partial charge in [-0.25, -0.2) is 13.4 Å². The van der Waals surface area contributed by atoms with Crippen molar-refractivity contribution in [3.63, 3.8) is 0 Å². The van der Waals surface area contributed by atoms with E-state index >= 15 is 0 Å². The van der Waals surface area contributed by atoms with Gasteiger partial charge in [0.05, 0.1) is 16.3 Å². The number of carbonyl (C=O) groups excluding carboxylic acids is 1. The molecule has 0 aliphatic heterocycles. The van der Waals surface area contributed by atoms with Gasteiger partial charge in [-0.15, -0.1) is 0 Å². The van der Waals surface area contributed by atoms with E-state index in [1.807, 2.05) is 0 Å². The Balaban J connectivity index is 1.84. The van der Waals surface area contributed by atoms with Crippen LogP contribution in [-0.4, -0.2) is 15.4 Å². The molecule has 3 rings (SSSR count). The van der Waals surface area contributed by atoms with Gasteiger partial charge in [-0.2, -0.15) is 8.78 Å². The molecule has 0 saturated carbocycles. The van der Waals surface area contributed by atoms with Crippen molar-refractivity contribution in [2.45, 2.75) is 17.1 Å². The highest BCUT2D eigenvalue weighted by molar-refractivity contribution is 7.93. The summed E-state index contributed by atoms with van der Waals surface area (Å²) in [6.45, 7) is 0.417. The fraction of sp³-hybridized carbons (Fsp3) is 0.0952. The summed E-state index contributed by atoms with van der Waals surface area (Å²) in [7, 11) is -4.34. The van der Waals surface area contributed by atoms with E-state index in [1.165, 1.54) is 24.3 Å². The van der Waals surface area contributed by atoms with Gasteiger partial charge < -0.3 is 11.1 Å². The summed E-state index contributed by atoms with van der Waals surface area (Å²) in [4.78, 5) is 12.2. The number of alkyl halides is 2. The molecular weight excluding hydrogens is 415 g/mol. The van der Waals surface area contributed by atoms with Crippen LogP contribution < -0.4 is 11.1 Å². The van der Waals surface area contributed by atoms with E-state index < -0.39 is 20.9 Å². The number of benzene rings is 3. The topological polar surface area (TPSA) is 96.0 Å². The number of anilines is 2. The van der Waals surface area contributed by atoms with Crippen LogP contribution in [0.4, 0.5) is 24.5 Å². The largest absolute Gasteiger partial charge is 0.397 e. The normalized spacial score (nSPS) is 13.5. The lowest BCUT2D eigenvalue weighted by Crippen LogP contribution is -2.23. The van der Waals surface area contributed by atoms with Crippen LogP contribution in [0.5, 0.6) is 0 Å². The van der Waals surface area contributed by atoms with E-state index in [0.29, 0.717) is 23.9 Å². The van der Waals surface area contributed by atoms with Crippen molar-refractivity contribution < 1.29 is 22.2 Å². The number of hydrogen-bond donors (Lipinski definition) is 3. The Morgan fingerprint density at radius 2 is 1.57 bits per heavy atom. The number of nitrogens with two attached hydrogens (primary N) is 1. The lowest BCUT2D eigenvalue weighted by molar-refractivity contribution is 0.102. The van der Waals surface area contributed by atoms with E-state index in [-0.39, 0.29) is 16.3 Å². The first kappa shape index (κ1) is 21.4. The Bertz CT molecular complexity index is 1190. The first-order valence-electron chi connectivity index (χ1n) is 8.72. The molecule has 1 unspecified atom stereocenters. The molecule has 0 aromatic heterocycles. The van der Waals surface area contributed by atoms with Crippen molar-refractivity contribution in [3.8, 4) is 11.1 Å². The Labute approximate surface area is 171 Å². The quantitative estimate of drug-likeness (QED) is 0.474. The average molecular weight is 433 g/mol. The van der Waals surface area contributed by atoms with Gasteiger partial charge in [-0.05, 0) is 59.7 Å². The van der Waals surface area contributed by atoms with Gasteiger partial charge in [-0.3, -0.25) is 4.79 Å². The lowest BCUT2D eigenvalue weighted by atomic mass is 10.0. The number of rotatable bonds is 5. The van der Waals surface area contributed by atoms with Crippen LogP contribution in [0.3, 0.4) is 0 Å². The molecular formula is C21H18F3N3O2S. The predicted molar refractivity (Wildman–Crippen MR) is 110 cm³/mol. The molecule has 0 heterocycles. The zero-order chi connectivity index (χ0) is 22.1. The van der Waals surface area contributed by atoms with Crippen molar-refractivity contribution in [3.05, 3.63) is 78.1 Å². The van der Waals surface area contributed by atoms with Crippen LogP contribution in [0, 0.1) is 10.6 Å². The Kier molecular flexibility index (Phi) is 5.58. The standard InChI is InChI=1S/C21H18F3N3O2S/c1-21(23,24)30(26,29)17-9-4-14(5-10-17)20(28)27-19-12-15(6-11-18(19)25)13-2-7-16(22)8-3-13/h2-12,26H,25H2,1H3,(H,27,28). The molecule has 0 saturated heterocycles. The maximum Gasteiger partial charge on any atom is 0.329 e. The lowest BCUT2D eigenvalue weighted by Gasteiger charge is -2.15. The number of hydrogen-bond acceptors (Lipinski definition) is 4. The van der Waals surface area contributed by atoms with Crippen molar-refractivity contribution in [1.82, 2.24) is 0 Å². The third-order valence-electron chi connectivity index (χ3n) is 4.43. The molecule has 1 atom stereocenters. The monoisotopic (exact) mass is 433 g/mol. The van der Waals surface area contributed by atoms with E-state index in [4.69, 9.17) is 10.5 Å². The van der Waals surface area contributed by atoms with Crippen LogP contribution >= 0.6 is 0 Å². The van der Waals surface area contributed by atoms with Crippen LogP contribution in [0.25, 0.3) is 11.1 Å². The fourth-order valence-electron chi connectivity index (χ4n) is 2.69. The van der Waals surface area contributed by atoms with E-state index in [2.05, 4.69) is 5.32 Å². The third kappa shape index (κ3) is 4.30. The maximum atomic E-state index is 13.4. The van der Waals surface area contributed by atoms with E-state index in [9.17, 15) is 22.2 Å². The Morgan fingerprint density at radius 1 is 1.00 bits per heavy atom. The Morgan fingerprint density at radius 3 is 2.13 bits per heavy atom. The molecule has 0 bridgehead atoms. The summed E-state index contributed by atoms with van der Waals surface area (Å²) < 4.78 is 59.4. The summed E-state index contributed by atoms with van der Waals surface area (Å²) in [6, 6.07) is 15.3. The van der Waals surface area contributed by atoms with Gasteiger partial charge in [0.1, 0.15) is 15.5 Å². The zero-order valence-corrected chi connectivity index (χ0v) is 16.6. The van der Waals surface area contributed by atoms with Crippen molar-refractivity contribution in [1.29, 1.82) is 4.78 Å². The fourth-order valence-corrected chi connectivity index (χ4v) is 3.62. The van der Waals surface area contributed by atoms with Crippen molar-refractivity contribution >= 4 is 27.0 Å². The van der Waals surface area contributed by atoms with Crippen LogP contribution in [0.1, 0.15) is 17.3 Å². The second-order valence-corrected chi connectivity index (χ2v) is 8.95. The molecule has 1 amide bonds. The highest BCUT2D eigenvalue weighted by Gasteiger charge is 2.36. The Hall–Kier alpha value is -3.33. The van der Waals surface area contributed by atoms with Gasteiger partial charge in [0, 0.05) is 12.5 Å². The minimum atomic E-state index is -4.34. The molecule has 0 aliphatic rings. The number of halogens is 3. The summed E-state index contributed by atoms with van der Waals surface area (Å²) in [5.74, 6) is -0.937. The summed E-state index contributed by atoms with van der Waals surface area (Å²) in [5.41, 5.74) is 8.08. The average Bonchev–Trinajstić information content (AvgIpc) is 2.69. The van der Waals surface area contributed by atoms with Crippen LogP contribution in [0.15, 0.2) is 71.6 Å². The SMILES string of the molecule is CC(F)(F)S(=N)(=O)c1ccc(C(=O)Nc2cc(-c3ccc(F)cc3)ccc2N)cc1. The van der Waals surface area contributed by atoms with Gasteiger partial charge in [0.2, 0.25) is 0 Å². The molecule has 0 fully saturated rings. The second-order valence-electron chi connectivity index (χ2n) is 6.65. The minimum absolute atomic E-state index is 0.111. The minimum Gasteiger partial charge on any atom is -0.397 e. The molecule has 3 aromatic rings. The predicted octanol–water partition coefficient (Wildman–Crippen LogP) is 5.35. The number of nitrogens with one attached hydrogen (secondary N) is 2. The smallest absolute Gasteiger partial charge is 0.329 e. The summed E-state index contributed by atoms with van der Waals surface area (Å²) in [6.07, 6.45) is 0. The van der Waals surface area contributed by atoms with Crippen LogP contribution in [0.2, 0.25) is 0 Å². The molecule has 5 nitrogen and oxygen atoms in total. The highest BCUT2D eigenvalue weighted by Crippen LogP contribution is 2.30. The molecule has 0 spiro atoms. The first-order valence-corrected chi connectivity index (χ1v) is 10.3. The molecule has 9 heteroatoms. The second kappa shape index (κ2) is 7.83. The molecule has 0 aliphatic carbocycles.